The zero-order valence-corrected chi connectivity index (χ0v) is 15.2. The summed E-state index contributed by atoms with van der Waals surface area (Å²) in [4.78, 5) is 22.4. The van der Waals surface area contributed by atoms with Crippen LogP contribution >= 0.6 is 0 Å². The summed E-state index contributed by atoms with van der Waals surface area (Å²) >= 11 is 0. The summed E-state index contributed by atoms with van der Waals surface area (Å²) in [6.07, 6.45) is 0.959. The number of hydrogen-bond acceptors (Lipinski definition) is 5. The van der Waals surface area contributed by atoms with E-state index in [-0.39, 0.29) is 23.8 Å². The van der Waals surface area contributed by atoms with Crippen LogP contribution in [0.5, 0.6) is 0 Å². The van der Waals surface area contributed by atoms with E-state index in [1.807, 2.05) is 0 Å². The van der Waals surface area contributed by atoms with Crippen LogP contribution in [0.3, 0.4) is 0 Å². The predicted octanol–water partition coefficient (Wildman–Crippen LogP) is 0.477. The zero-order chi connectivity index (χ0) is 18.9. The number of methoxy groups -OCH3 is 1. The number of likely N-dealkylation sites (N-methyl/N-ethyl adjacent to an activating group) is 1. The third-order valence-corrected chi connectivity index (χ3v) is 5.29. The number of hydrogen-bond donors (Lipinski definition) is 2. The number of nitrogens with one attached hydrogen (secondary N) is 1. The molecule has 0 saturated carbocycles. The van der Waals surface area contributed by atoms with Gasteiger partial charge in [0.05, 0.1) is 11.4 Å². The molecule has 0 aliphatic carbocycles. The molecule has 0 heterocycles. The highest BCUT2D eigenvalue weighted by atomic mass is 32.2. The quantitative estimate of drug-likeness (QED) is 0.546. The van der Waals surface area contributed by atoms with Crippen molar-refractivity contribution in [3.05, 3.63) is 29.8 Å². The highest BCUT2D eigenvalue weighted by Gasteiger charge is 2.22. The molecule has 0 atom stereocenters. The number of ether oxygens (including phenoxy) is 1. The second-order valence-corrected chi connectivity index (χ2v) is 7.54. The number of nitrogens with zero attached hydrogens (tertiary/aromatic N) is 1. The number of aliphatic carboxylic acids is 1. The molecule has 25 heavy (non-hydrogen) atoms. The van der Waals surface area contributed by atoms with Gasteiger partial charge in [-0.25, -0.2) is 8.42 Å². The van der Waals surface area contributed by atoms with Crippen molar-refractivity contribution in [2.24, 2.45) is 0 Å². The van der Waals surface area contributed by atoms with E-state index in [1.54, 1.807) is 19.2 Å². The van der Waals surface area contributed by atoms with Crippen LogP contribution in [0.4, 0.5) is 0 Å². The smallest absolute Gasteiger partial charge is 0.303 e. The highest BCUT2D eigenvalue weighted by molar-refractivity contribution is 7.89. The normalized spacial score (nSPS) is 11.5. The lowest BCUT2D eigenvalue weighted by molar-refractivity contribution is -0.137. The van der Waals surface area contributed by atoms with E-state index >= 15 is 0 Å². The maximum absolute atomic E-state index is 12.5. The maximum Gasteiger partial charge on any atom is 0.303 e. The van der Waals surface area contributed by atoms with Crippen LogP contribution in [0.2, 0.25) is 0 Å². The van der Waals surface area contributed by atoms with Crippen LogP contribution in [0.15, 0.2) is 29.2 Å². The van der Waals surface area contributed by atoms with E-state index in [0.29, 0.717) is 26.0 Å². The second kappa shape index (κ2) is 10.1. The first-order valence-electron chi connectivity index (χ1n) is 7.80. The summed E-state index contributed by atoms with van der Waals surface area (Å²) in [5, 5.41) is 11.3. The predicted molar refractivity (Wildman–Crippen MR) is 91.7 cm³/mol. The number of carbonyl (C=O) groups excluding carboxylic acids is 1. The summed E-state index contributed by atoms with van der Waals surface area (Å²) < 4.78 is 30.8. The molecular weight excluding hydrogens is 348 g/mol. The van der Waals surface area contributed by atoms with Crippen molar-refractivity contribution in [2.45, 2.75) is 24.2 Å². The number of carbonyl (C=O) groups is 2. The fourth-order valence-corrected chi connectivity index (χ4v) is 3.17. The molecule has 0 unspecified atom stereocenters. The fraction of sp³-hybridized carbons (Fsp3) is 0.500. The van der Waals surface area contributed by atoms with E-state index < -0.39 is 16.0 Å². The van der Waals surface area contributed by atoms with Crippen LogP contribution < -0.4 is 5.32 Å². The molecule has 2 N–H and O–H groups in total. The third-order valence-electron chi connectivity index (χ3n) is 3.47. The molecular formula is C16H24N2O6S. The fourth-order valence-electron chi connectivity index (χ4n) is 2.05. The number of benzene rings is 1. The topological polar surface area (TPSA) is 113 Å². The summed E-state index contributed by atoms with van der Waals surface area (Å²) in [6, 6.07) is 5.99. The zero-order valence-electron chi connectivity index (χ0n) is 14.4. The Kier molecular flexibility index (Phi) is 8.53. The molecule has 0 saturated heterocycles. The molecule has 0 fully saturated rings. The first-order chi connectivity index (χ1) is 11.8. The second-order valence-electron chi connectivity index (χ2n) is 5.50. The number of sulfonamides is 1. The van der Waals surface area contributed by atoms with E-state index in [2.05, 4.69) is 5.32 Å². The molecule has 1 amide bonds. The molecule has 140 valence electrons. The van der Waals surface area contributed by atoms with Crippen LogP contribution in [0, 0.1) is 0 Å². The molecule has 1 aromatic rings. The lowest BCUT2D eigenvalue weighted by atomic mass is 10.1. The molecule has 0 aliphatic heterocycles. The van der Waals surface area contributed by atoms with E-state index in [4.69, 9.17) is 9.84 Å². The Morgan fingerprint density at radius 1 is 1.24 bits per heavy atom. The monoisotopic (exact) mass is 372 g/mol. The Morgan fingerprint density at radius 2 is 1.88 bits per heavy atom. The van der Waals surface area contributed by atoms with Crippen LogP contribution in [0.1, 0.15) is 18.4 Å². The number of carboxylic acids is 1. The Hall–Kier alpha value is -1.97. The van der Waals surface area contributed by atoms with Gasteiger partial charge in [-0.1, -0.05) is 12.1 Å². The standard InChI is InChI=1S/C16H24N2O6S/c1-18(12-15(19)17-10-3-11-24-2)25(22,23)14-7-4-13(5-8-14)6-9-16(20)21/h4-5,7-8H,3,6,9-12H2,1-2H3,(H,17,19)(H,20,21). The van der Waals surface area contributed by atoms with E-state index in [1.165, 1.54) is 19.2 Å². The van der Waals surface area contributed by atoms with Gasteiger partial charge in [-0.3, -0.25) is 9.59 Å². The van der Waals surface area contributed by atoms with Gasteiger partial charge < -0.3 is 15.2 Å². The summed E-state index contributed by atoms with van der Waals surface area (Å²) in [6.45, 7) is 0.650. The molecule has 0 radical (unpaired) electrons. The number of rotatable bonds is 11. The Bertz CT molecular complexity index is 672. The maximum atomic E-state index is 12.5. The molecule has 0 spiro atoms. The minimum absolute atomic E-state index is 0.0186. The average molecular weight is 372 g/mol. The van der Waals surface area contributed by atoms with Gasteiger partial charge in [0.2, 0.25) is 15.9 Å². The van der Waals surface area contributed by atoms with Crippen molar-refractivity contribution in [3.8, 4) is 0 Å². The largest absolute Gasteiger partial charge is 0.481 e. The van der Waals surface area contributed by atoms with Gasteiger partial charge in [0.25, 0.3) is 0 Å². The Balaban J connectivity index is 2.63. The number of carboxylic acid groups (broad SMARTS) is 1. The van der Waals surface area contributed by atoms with E-state index in [9.17, 15) is 18.0 Å². The molecule has 1 rings (SSSR count). The minimum atomic E-state index is -3.79. The minimum Gasteiger partial charge on any atom is -0.481 e. The van der Waals surface area contributed by atoms with Gasteiger partial charge in [-0.15, -0.1) is 0 Å². The Labute approximate surface area is 147 Å². The van der Waals surface area contributed by atoms with Crippen molar-refractivity contribution < 1.29 is 27.9 Å². The van der Waals surface area contributed by atoms with Gasteiger partial charge in [0.1, 0.15) is 0 Å². The van der Waals surface area contributed by atoms with E-state index in [0.717, 1.165) is 9.87 Å². The molecule has 0 aliphatic rings. The molecule has 1 aromatic carbocycles. The number of amides is 1. The average Bonchev–Trinajstić information content (AvgIpc) is 2.57. The summed E-state index contributed by atoms with van der Waals surface area (Å²) in [5.41, 5.74) is 0.736. The van der Waals surface area contributed by atoms with Gasteiger partial charge >= 0.3 is 5.97 Å². The Morgan fingerprint density at radius 3 is 2.44 bits per heavy atom. The van der Waals surface area contributed by atoms with Gasteiger partial charge in [-0.05, 0) is 30.5 Å². The summed E-state index contributed by atoms with van der Waals surface area (Å²) in [5.74, 6) is -1.30. The van der Waals surface area contributed by atoms with Crippen LogP contribution in [-0.4, -0.2) is 63.6 Å². The van der Waals surface area contributed by atoms with Crippen molar-refractivity contribution in [1.82, 2.24) is 9.62 Å². The SMILES string of the molecule is COCCCNC(=O)CN(C)S(=O)(=O)c1ccc(CCC(=O)O)cc1. The summed E-state index contributed by atoms with van der Waals surface area (Å²) in [7, 11) is -0.886. The first-order valence-corrected chi connectivity index (χ1v) is 9.24. The van der Waals surface area contributed by atoms with Gasteiger partial charge in [0.15, 0.2) is 0 Å². The third kappa shape index (κ3) is 7.20. The molecule has 0 bridgehead atoms. The number of aryl methyl sites for hydroxylation is 1. The van der Waals surface area contributed by atoms with Gasteiger partial charge in [-0.2, -0.15) is 4.31 Å². The molecule has 9 heteroatoms. The molecule has 8 nitrogen and oxygen atoms in total. The molecule has 0 aromatic heterocycles. The van der Waals surface area contributed by atoms with Gasteiger partial charge in [0, 0.05) is 33.7 Å². The van der Waals surface area contributed by atoms with Crippen LogP contribution in [0.25, 0.3) is 0 Å². The highest BCUT2D eigenvalue weighted by Crippen LogP contribution is 2.15. The van der Waals surface area contributed by atoms with Crippen molar-refractivity contribution in [1.29, 1.82) is 0 Å². The lowest BCUT2D eigenvalue weighted by Crippen LogP contribution is -2.38. The lowest BCUT2D eigenvalue weighted by Gasteiger charge is -2.17. The van der Waals surface area contributed by atoms with Crippen LogP contribution in [-0.2, 0) is 30.8 Å². The van der Waals surface area contributed by atoms with Crippen molar-refractivity contribution in [2.75, 3.05) is 33.9 Å². The first kappa shape index (κ1) is 21.1. The van der Waals surface area contributed by atoms with Crippen molar-refractivity contribution >= 4 is 21.9 Å². The van der Waals surface area contributed by atoms with Crippen molar-refractivity contribution in [3.63, 3.8) is 0 Å².